The van der Waals surface area contributed by atoms with E-state index in [1.165, 1.54) is 4.31 Å². The third-order valence-corrected chi connectivity index (χ3v) is 4.88. The Bertz CT molecular complexity index is 510. The quantitative estimate of drug-likeness (QED) is 0.872. The van der Waals surface area contributed by atoms with Gasteiger partial charge in [-0.1, -0.05) is 32.9 Å². The van der Waals surface area contributed by atoms with E-state index in [4.69, 9.17) is 5.73 Å². The summed E-state index contributed by atoms with van der Waals surface area (Å²) in [6.07, 6.45) is 0. The largest absolute Gasteiger partial charge is 0.324 e. The van der Waals surface area contributed by atoms with E-state index in [0.29, 0.717) is 23.9 Å². The number of sulfonamides is 1. The van der Waals surface area contributed by atoms with Crippen molar-refractivity contribution in [1.82, 2.24) is 4.31 Å². The normalized spacial score (nSPS) is 14.1. The molecular weight excluding hydrogens is 260 g/mol. The fraction of sp³-hybridized carbons (Fsp3) is 0.571. The van der Waals surface area contributed by atoms with Gasteiger partial charge in [-0.2, -0.15) is 4.31 Å². The molecule has 108 valence electrons. The van der Waals surface area contributed by atoms with Gasteiger partial charge in [0.05, 0.1) is 4.90 Å². The second kappa shape index (κ2) is 6.50. The van der Waals surface area contributed by atoms with Crippen molar-refractivity contribution >= 4 is 10.0 Å². The Morgan fingerprint density at radius 1 is 1.26 bits per heavy atom. The Balaban J connectivity index is 3.14. The second-order valence-corrected chi connectivity index (χ2v) is 7.15. The van der Waals surface area contributed by atoms with Crippen LogP contribution in [-0.2, 0) is 10.0 Å². The fourth-order valence-electron chi connectivity index (χ4n) is 1.91. The summed E-state index contributed by atoms with van der Waals surface area (Å²) in [5.74, 6) is 0.298. The molecule has 0 amide bonds. The minimum Gasteiger partial charge on any atom is -0.324 e. The predicted octanol–water partition coefficient (Wildman–Crippen LogP) is 2.37. The van der Waals surface area contributed by atoms with Crippen molar-refractivity contribution in [1.29, 1.82) is 0 Å². The van der Waals surface area contributed by atoms with Crippen molar-refractivity contribution in [2.45, 2.75) is 38.6 Å². The molecule has 0 aliphatic heterocycles. The van der Waals surface area contributed by atoms with Crippen LogP contribution >= 0.6 is 0 Å². The van der Waals surface area contributed by atoms with Gasteiger partial charge in [0.2, 0.25) is 10.0 Å². The molecule has 0 aromatic heterocycles. The molecule has 5 heteroatoms. The van der Waals surface area contributed by atoms with Crippen molar-refractivity contribution in [3.8, 4) is 0 Å². The van der Waals surface area contributed by atoms with Gasteiger partial charge in [-0.15, -0.1) is 0 Å². The molecule has 1 aromatic rings. The standard InChI is InChI=1S/C14H24N2O2S/c1-5-16(10-11(2)3)19(17,18)14-8-6-7-13(9-14)12(4)15/h6-9,11-12H,5,10,15H2,1-4H3. The number of nitrogens with zero attached hydrogens (tertiary/aromatic N) is 1. The number of benzene rings is 1. The van der Waals surface area contributed by atoms with Gasteiger partial charge < -0.3 is 5.73 Å². The van der Waals surface area contributed by atoms with Gasteiger partial charge in [0.15, 0.2) is 0 Å². The molecule has 0 bridgehead atoms. The SMILES string of the molecule is CCN(CC(C)C)S(=O)(=O)c1cccc(C(C)N)c1. The first-order valence-corrected chi connectivity index (χ1v) is 8.08. The summed E-state index contributed by atoms with van der Waals surface area (Å²) < 4.78 is 26.6. The molecule has 4 nitrogen and oxygen atoms in total. The fourth-order valence-corrected chi connectivity index (χ4v) is 3.58. The van der Waals surface area contributed by atoms with Crippen molar-refractivity contribution in [3.63, 3.8) is 0 Å². The number of hydrogen-bond acceptors (Lipinski definition) is 3. The predicted molar refractivity (Wildman–Crippen MR) is 78.3 cm³/mol. The van der Waals surface area contributed by atoms with E-state index in [1.807, 2.05) is 33.8 Å². The maximum absolute atomic E-state index is 12.6. The summed E-state index contributed by atoms with van der Waals surface area (Å²) in [5, 5.41) is 0. The van der Waals surface area contributed by atoms with Gasteiger partial charge in [-0.05, 0) is 30.5 Å². The summed E-state index contributed by atoms with van der Waals surface area (Å²) in [5.41, 5.74) is 6.64. The van der Waals surface area contributed by atoms with Gasteiger partial charge in [0.1, 0.15) is 0 Å². The van der Waals surface area contributed by atoms with Crippen molar-refractivity contribution in [3.05, 3.63) is 29.8 Å². The smallest absolute Gasteiger partial charge is 0.243 e. The van der Waals surface area contributed by atoms with Crippen molar-refractivity contribution in [2.24, 2.45) is 11.7 Å². The van der Waals surface area contributed by atoms with Crippen LogP contribution < -0.4 is 5.73 Å². The first-order valence-electron chi connectivity index (χ1n) is 6.64. The van der Waals surface area contributed by atoms with E-state index in [-0.39, 0.29) is 6.04 Å². The maximum Gasteiger partial charge on any atom is 0.243 e. The van der Waals surface area contributed by atoms with Crippen LogP contribution in [0.2, 0.25) is 0 Å². The zero-order valence-corrected chi connectivity index (χ0v) is 12.9. The summed E-state index contributed by atoms with van der Waals surface area (Å²) >= 11 is 0. The summed E-state index contributed by atoms with van der Waals surface area (Å²) in [6, 6.07) is 6.72. The molecule has 0 saturated carbocycles. The van der Waals surface area contributed by atoms with Crippen LogP contribution in [0.5, 0.6) is 0 Å². The third-order valence-electron chi connectivity index (χ3n) is 2.94. The van der Waals surface area contributed by atoms with Crippen LogP contribution in [-0.4, -0.2) is 25.8 Å². The lowest BCUT2D eigenvalue weighted by molar-refractivity contribution is 0.381. The Labute approximate surface area is 116 Å². The molecule has 0 saturated heterocycles. The molecule has 0 heterocycles. The Kier molecular flexibility index (Phi) is 5.52. The zero-order chi connectivity index (χ0) is 14.6. The van der Waals surface area contributed by atoms with Gasteiger partial charge in [-0.25, -0.2) is 8.42 Å². The highest BCUT2D eigenvalue weighted by atomic mass is 32.2. The topological polar surface area (TPSA) is 63.4 Å². The van der Waals surface area contributed by atoms with E-state index in [1.54, 1.807) is 18.2 Å². The van der Waals surface area contributed by atoms with E-state index >= 15 is 0 Å². The molecule has 2 N–H and O–H groups in total. The highest BCUT2D eigenvalue weighted by Crippen LogP contribution is 2.20. The monoisotopic (exact) mass is 284 g/mol. The number of nitrogens with two attached hydrogens (primary N) is 1. The maximum atomic E-state index is 12.6. The highest BCUT2D eigenvalue weighted by molar-refractivity contribution is 7.89. The number of rotatable bonds is 6. The lowest BCUT2D eigenvalue weighted by Crippen LogP contribution is -2.34. The first-order chi connectivity index (χ1) is 8.78. The zero-order valence-electron chi connectivity index (χ0n) is 12.1. The molecule has 0 spiro atoms. The van der Waals surface area contributed by atoms with Gasteiger partial charge in [0, 0.05) is 19.1 Å². The van der Waals surface area contributed by atoms with Crippen LogP contribution in [0.4, 0.5) is 0 Å². The average Bonchev–Trinajstić information content (AvgIpc) is 2.35. The van der Waals surface area contributed by atoms with Gasteiger partial charge in [0.25, 0.3) is 0 Å². The molecule has 19 heavy (non-hydrogen) atoms. The average molecular weight is 284 g/mol. The van der Waals surface area contributed by atoms with Gasteiger partial charge in [-0.3, -0.25) is 0 Å². The molecule has 0 radical (unpaired) electrons. The summed E-state index contributed by atoms with van der Waals surface area (Å²) in [7, 11) is -3.42. The molecular formula is C14H24N2O2S. The minimum atomic E-state index is -3.42. The molecule has 0 aliphatic rings. The Hall–Kier alpha value is -0.910. The first kappa shape index (κ1) is 16.1. The van der Waals surface area contributed by atoms with Crippen LogP contribution in [0.25, 0.3) is 0 Å². The molecule has 1 atom stereocenters. The van der Waals surface area contributed by atoms with E-state index in [0.717, 1.165) is 5.56 Å². The number of hydrogen-bond donors (Lipinski definition) is 1. The molecule has 1 rings (SSSR count). The van der Waals surface area contributed by atoms with Crippen LogP contribution in [0.1, 0.15) is 39.3 Å². The Morgan fingerprint density at radius 2 is 1.89 bits per heavy atom. The van der Waals surface area contributed by atoms with E-state index in [2.05, 4.69) is 0 Å². The van der Waals surface area contributed by atoms with Crippen LogP contribution in [0.3, 0.4) is 0 Å². The molecule has 1 unspecified atom stereocenters. The molecule has 0 aliphatic carbocycles. The summed E-state index contributed by atoms with van der Waals surface area (Å²) in [6.45, 7) is 8.73. The molecule has 1 aromatic carbocycles. The molecule has 0 fully saturated rings. The lowest BCUT2D eigenvalue weighted by Gasteiger charge is -2.22. The Morgan fingerprint density at radius 3 is 2.37 bits per heavy atom. The van der Waals surface area contributed by atoms with Gasteiger partial charge >= 0.3 is 0 Å². The van der Waals surface area contributed by atoms with Crippen LogP contribution in [0.15, 0.2) is 29.2 Å². The van der Waals surface area contributed by atoms with Crippen molar-refractivity contribution < 1.29 is 8.42 Å². The second-order valence-electron chi connectivity index (χ2n) is 5.21. The lowest BCUT2D eigenvalue weighted by atomic mass is 10.1. The van der Waals surface area contributed by atoms with Crippen molar-refractivity contribution in [2.75, 3.05) is 13.1 Å². The highest BCUT2D eigenvalue weighted by Gasteiger charge is 2.24. The third kappa shape index (κ3) is 4.03. The van der Waals surface area contributed by atoms with Crippen LogP contribution in [0, 0.1) is 5.92 Å². The summed E-state index contributed by atoms with van der Waals surface area (Å²) in [4.78, 5) is 0.324. The van der Waals surface area contributed by atoms with E-state index < -0.39 is 10.0 Å². The van der Waals surface area contributed by atoms with E-state index in [9.17, 15) is 8.42 Å². The minimum absolute atomic E-state index is 0.171.